The zero-order chi connectivity index (χ0) is 16.1. The van der Waals surface area contributed by atoms with Crippen LogP contribution < -0.4 is 5.32 Å². The summed E-state index contributed by atoms with van der Waals surface area (Å²) in [5.74, 6) is 0. The quantitative estimate of drug-likeness (QED) is 0.468. The van der Waals surface area contributed by atoms with Crippen molar-refractivity contribution < 1.29 is 34.7 Å². The van der Waals surface area contributed by atoms with Gasteiger partial charge in [0.05, 0.1) is 6.61 Å². The minimum absolute atomic E-state index is 0.0221. The molecular weight excluding hydrogens is 294 g/mol. The van der Waals surface area contributed by atoms with Crippen LogP contribution in [0.5, 0.6) is 0 Å². The summed E-state index contributed by atoms with van der Waals surface area (Å²) in [6, 6.07) is 7.71. The van der Waals surface area contributed by atoms with Crippen molar-refractivity contribution in [1.29, 1.82) is 0 Å². The summed E-state index contributed by atoms with van der Waals surface area (Å²) < 4.78 is 9.88. The van der Waals surface area contributed by atoms with Crippen molar-refractivity contribution in [2.45, 2.75) is 37.3 Å². The zero-order valence-electron chi connectivity index (χ0n) is 11.7. The first kappa shape index (κ1) is 16.7. The topological polar surface area (TPSA) is 128 Å². The fourth-order valence-electron chi connectivity index (χ4n) is 2.15. The summed E-state index contributed by atoms with van der Waals surface area (Å²) in [7, 11) is 0. The Morgan fingerprint density at radius 1 is 1.18 bits per heavy atom. The Hall–Kier alpha value is -1.71. The van der Waals surface area contributed by atoms with Crippen molar-refractivity contribution in [3.63, 3.8) is 0 Å². The number of benzene rings is 1. The van der Waals surface area contributed by atoms with E-state index < -0.39 is 43.3 Å². The highest BCUT2D eigenvalue weighted by Gasteiger charge is 2.44. The number of aliphatic hydroxyl groups excluding tert-OH is 4. The molecule has 122 valence electrons. The Labute approximate surface area is 126 Å². The summed E-state index contributed by atoms with van der Waals surface area (Å²) >= 11 is 0. The first-order chi connectivity index (χ1) is 10.5. The van der Waals surface area contributed by atoms with Crippen molar-refractivity contribution in [2.75, 3.05) is 6.61 Å². The summed E-state index contributed by atoms with van der Waals surface area (Å²) in [5, 5.41) is 40.5. The van der Waals surface area contributed by atoms with Crippen LogP contribution in [0, 0.1) is 0 Å². The lowest BCUT2D eigenvalue weighted by atomic mass is 9.97. The Kier molecular flexibility index (Phi) is 5.69. The fourth-order valence-corrected chi connectivity index (χ4v) is 2.15. The van der Waals surface area contributed by atoms with E-state index in [1.165, 1.54) is 0 Å². The Morgan fingerprint density at radius 2 is 1.86 bits per heavy atom. The van der Waals surface area contributed by atoms with Crippen LogP contribution in [0.25, 0.3) is 0 Å². The van der Waals surface area contributed by atoms with Crippen LogP contribution in [-0.2, 0) is 16.1 Å². The van der Waals surface area contributed by atoms with Gasteiger partial charge in [-0.2, -0.15) is 0 Å². The molecule has 1 saturated heterocycles. The average Bonchev–Trinajstić information content (AvgIpc) is 2.54. The number of carbonyl (C=O) groups is 1. The molecule has 8 nitrogen and oxygen atoms in total. The predicted molar refractivity (Wildman–Crippen MR) is 73.5 cm³/mol. The molecule has 1 amide bonds. The van der Waals surface area contributed by atoms with Crippen LogP contribution in [0.15, 0.2) is 30.3 Å². The SMILES string of the molecule is O=C(NC1C(O)[C@H](O)C(CO)O[C@H]1O)OCc1ccccc1. The highest BCUT2D eigenvalue weighted by Crippen LogP contribution is 2.19. The number of ether oxygens (including phenoxy) is 2. The lowest BCUT2D eigenvalue weighted by molar-refractivity contribution is -0.253. The van der Waals surface area contributed by atoms with Crippen molar-refractivity contribution in [2.24, 2.45) is 0 Å². The van der Waals surface area contributed by atoms with Gasteiger partial charge in [0.2, 0.25) is 0 Å². The molecule has 1 heterocycles. The van der Waals surface area contributed by atoms with Crippen molar-refractivity contribution >= 4 is 6.09 Å². The number of hydrogen-bond donors (Lipinski definition) is 5. The van der Waals surface area contributed by atoms with Crippen LogP contribution in [0.1, 0.15) is 5.56 Å². The van der Waals surface area contributed by atoms with Crippen LogP contribution in [-0.4, -0.2) is 63.8 Å². The molecule has 1 fully saturated rings. The van der Waals surface area contributed by atoms with Gasteiger partial charge in [0.15, 0.2) is 6.29 Å². The van der Waals surface area contributed by atoms with Gasteiger partial charge < -0.3 is 35.2 Å². The van der Waals surface area contributed by atoms with E-state index in [4.69, 9.17) is 14.6 Å². The van der Waals surface area contributed by atoms with Gasteiger partial charge in [0.25, 0.3) is 0 Å². The van der Waals surface area contributed by atoms with Crippen molar-refractivity contribution in [3.8, 4) is 0 Å². The second-order valence-electron chi connectivity index (χ2n) is 4.96. The number of aliphatic hydroxyl groups is 4. The lowest BCUT2D eigenvalue weighted by Gasteiger charge is -2.39. The monoisotopic (exact) mass is 313 g/mol. The van der Waals surface area contributed by atoms with Crippen molar-refractivity contribution in [3.05, 3.63) is 35.9 Å². The highest BCUT2D eigenvalue weighted by atomic mass is 16.6. The highest BCUT2D eigenvalue weighted by molar-refractivity contribution is 5.67. The molecule has 8 heteroatoms. The number of rotatable bonds is 4. The third-order valence-electron chi connectivity index (χ3n) is 3.40. The fraction of sp³-hybridized carbons (Fsp3) is 0.500. The second kappa shape index (κ2) is 7.52. The molecule has 3 unspecified atom stereocenters. The molecular formula is C14H19NO7. The number of amides is 1. The molecule has 22 heavy (non-hydrogen) atoms. The maximum atomic E-state index is 11.7. The second-order valence-corrected chi connectivity index (χ2v) is 4.96. The van der Waals surface area contributed by atoms with Crippen molar-refractivity contribution in [1.82, 2.24) is 5.32 Å². The summed E-state index contributed by atoms with van der Waals surface area (Å²) in [5.41, 5.74) is 0.777. The van der Waals surface area contributed by atoms with E-state index in [0.717, 1.165) is 5.56 Å². The Balaban J connectivity index is 1.87. The number of carbonyl (C=O) groups excluding carboxylic acids is 1. The van der Waals surface area contributed by atoms with E-state index in [9.17, 15) is 20.1 Å². The number of nitrogens with one attached hydrogen (secondary N) is 1. The minimum atomic E-state index is -1.57. The standard InChI is InChI=1S/C14H19NO7/c16-6-9-11(17)12(18)10(13(19)22-9)15-14(20)21-7-8-4-2-1-3-5-8/h1-5,9-13,16-19H,6-7H2,(H,15,20)/t9?,10?,11-,12?,13-/m1/s1. The molecule has 5 N–H and O–H groups in total. The third-order valence-corrected chi connectivity index (χ3v) is 3.40. The van der Waals surface area contributed by atoms with Gasteiger partial charge in [-0.3, -0.25) is 0 Å². The smallest absolute Gasteiger partial charge is 0.407 e. The van der Waals surface area contributed by atoms with Gasteiger partial charge in [-0.1, -0.05) is 30.3 Å². The molecule has 1 aromatic rings. The Morgan fingerprint density at radius 3 is 2.50 bits per heavy atom. The molecule has 1 aliphatic rings. The largest absolute Gasteiger partial charge is 0.445 e. The zero-order valence-corrected chi connectivity index (χ0v) is 11.7. The summed E-state index contributed by atoms with van der Waals surface area (Å²) in [6.07, 6.45) is -6.49. The van der Waals surface area contributed by atoms with E-state index in [2.05, 4.69) is 5.32 Å². The molecule has 0 bridgehead atoms. The first-order valence-electron chi connectivity index (χ1n) is 6.80. The van der Waals surface area contributed by atoms with Crippen LogP contribution in [0.4, 0.5) is 4.79 Å². The molecule has 0 spiro atoms. The summed E-state index contributed by atoms with van der Waals surface area (Å²) in [4.78, 5) is 11.7. The van der Waals surface area contributed by atoms with E-state index in [-0.39, 0.29) is 6.61 Å². The van der Waals surface area contributed by atoms with E-state index in [0.29, 0.717) is 0 Å². The van der Waals surface area contributed by atoms with Gasteiger partial charge in [0, 0.05) is 0 Å². The average molecular weight is 313 g/mol. The van der Waals surface area contributed by atoms with Crippen LogP contribution in [0.3, 0.4) is 0 Å². The third kappa shape index (κ3) is 3.93. The first-order valence-corrected chi connectivity index (χ1v) is 6.80. The normalized spacial score (nSPS) is 31.5. The van der Waals surface area contributed by atoms with E-state index in [1.807, 2.05) is 6.07 Å². The molecule has 1 aliphatic heterocycles. The molecule has 1 aromatic carbocycles. The molecule has 0 radical (unpaired) electrons. The van der Waals surface area contributed by atoms with Gasteiger partial charge in [-0.25, -0.2) is 4.79 Å². The molecule has 0 aliphatic carbocycles. The van der Waals surface area contributed by atoms with E-state index in [1.54, 1.807) is 24.3 Å². The maximum Gasteiger partial charge on any atom is 0.407 e. The summed E-state index contributed by atoms with van der Waals surface area (Å²) in [6.45, 7) is -0.547. The molecule has 0 saturated carbocycles. The molecule has 5 atom stereocenters. The van der Waals surface area contributed by atoms with Gasteiger partial charge in [-0.15, -0.1) is 0 Å². The number of hydrogen-bond acceptors (Lipinski definition) is 7. The Bertz CT molecular complexity index is 483. The van der Waals surface area contributed by atoms with Gasteiger partial charge >= 0.3 is 6.09 Å². The predicted octanol–water partition coefficient (Wildman–Crippen LogP) is -1.29. The minimum Gasteiger partial charge on any atom is -0.445 e. The number of alkyl carbamates (subject to hydrolysis) is 1. The van der Waals surface area contributed by atoms with Crippen LogP contribution >= 0.6 is 0 Å². The van der Waals surface area contributed by atoms with E-state index >= 15 is 0 Å². The van der Waals surface area contributed by atoms with Gasteiger partial charge in [0.1, 0.15) is 31.0 Å². The molecule has 2 rings (SSSR count). The van der Waals surface area contributed by atoms with Gasteiger partial charge in [-0.05, 0) is 5.56 Å². The van der Waals surface area contributed by atoms with Crippen LogP contribution in [0.2, 0.25) is 0 Å². The lowest BCUT2D eigenvalue weighted by Crippen LogP contribution is -2.64. The maximum absolute atomic E-state index is 11.7. The molecule has 0 aromatic heterocycles.